The Balaban J connectivity index is 3.28. The van der Waals surface area contributed by atoms with Gasteiger partial charge < -0.3 is 0 Å². The normalized spacial score (nSPS) is 13.7. The molecule has 1 atom stereocenters. The summed E-state index contributed by atoms with van der Waals surface area (Å²) < 4.78 is 23.7. The summed E-state index contributed by atoms with van der Waals surface area (Å²) in [6.45, 7) is 3.61. The molecule has 1 rings (SSSR count). The van der Waals surface area contributed by atoms with E-state index in [0.29, 0.717) is 5.15 Å². The number of aromatic nitrogens is 2. The van der Waals surface area contributed by atoms with Gasteiger partial charge in [0.25, 0.3) is 0 Å². The minimum Gasteiger partial charge on any atom is -0.235 e. The quantitative estimate of drug-likeness (QED) is 0.588. The molecule has 0 saturated heterocycles. The smallest absolute Gasteiger partial charge is 0.157 e. The molecule has 0 bridgehead atoms. The maximum absolute atomic E-state index is 11.5. The van der Waals surface area contributed by atoms with Crippen molar-refractivity contribution in [3.05, 3.63) is 20.2 Å². The minimum absolute atomic E-state index is 0.279. The minimum atomic E-state index is -3.20. The lowest BCUT2D eigenvalue weighted by Gasteiger charge is -2.11. The summed E-state index contributed by atoms with van der Waals surface area (Å²) in [5, 5.41) is -0.401. The van der Waals surface area contributed by atoms with Gasteiger partial charge in [-0.2, -0.15) is 0 Å². The number of halogens is 2. The molecule has 1 aromatic heterocycles. The molecule has 0 amide bonds. The van der Waals surface area contributed by atoms with Gasteiger partial charge >= 0.3 is 0 Å². The maximum Gasteiger partial charge on any atom is 0.157 e. The van der Waals surface area contributed by atoms with Crippen molar-refractivity contribution in [2.24, 2.45) is 0 Å². The highest BCUT2D eigenvalue weighted by Gasteiger charge is 2.22. The Kier molecular flexibility index (Phi) is 5.15. The summed E-state index contributed by atoms with van der Waals surface area (Å²) >= 11 is 8.08. The van der Waals surface area contributed by atoms with Crippen LogP contribution in [0.4, 0.5) is 0 Å². The summed E-state index contributed by atoms with van der Waals surface area (Å²) in [5.74, 6) is 0.279. The first-order valence-corrected chi connectivity index (χ1v) is 8.59. The zero-order valence-corrected chi connectivity index (χ0v) is 13.6. The average molecular weight is 389 g/mol. The highest BCUT2D eigenvalue weighted by atomic mass is 127. The molecule has 4 nitrogen and oxygen atoms in total. The molecule has 17 heavy (non-hydrogen) atoms. The molecule has 0 fully saturated rings. The van der Waals surface area contributed by atoms with E-state index in [2.05, 4.69) is 32.6 Å². The zero-order chi connectivity index (χ0) is 13.2. The molecule has 0 radical (unpaired) electrons. The van der Waals surface area contributed by atoms with Crippen molar-refractivity contribution in [2.45, 2.75) is 31.9 Å². The number of hydrogen-bond acceptors (Lipinski definition) is 4. The highest BCUT2D eigenvalue weighted by Crippen LogP contribution is 2.25. The van der Waals surface area contributed by atoms with Crippen molar-refractivity contribution in [1.82, 2.24) is 9.97 Å². The van der Waals surface area contributed by atoms with Crippen molar-refractivity contribution in [1.29, 1.82) is 0 Å². The first kappa shape index (κ1) is 15.1. The Morgan fingerprint density at radius 1 is 1.41 bits per heavy atom. The molecule has 0 N–H and O–H groups in total. The monoisotopic (exact) mass is 388 g/mol. The number of rotatable bonds is 4. The summed E-state index contributed by atoms with van der Waals surface area (Å²) in [6, 6.07) is 0. The van der Waals surface area contributed by atoms with E-state index in [1.165, 1.54) is 6.26 Å². The fraction of sp³-hybridized carbons (Fsp3) is 0.600. The molecule has 1 aromatic rings. The molecular formula is C10H14ClIN2O2S. The van der Waals surface area contributed by atoms with E-state index in [9.17, 15) is 8.42 Å². The van der Waals surface area contributed by atoms with Crippen LogP contribution in [-0.4, -0.2) is 24.6 Å². The van der Waals surface area contributed by atoms with Gasteiger partial charge in [0.1, 0.15) is 16.2 Å². The molecule has 0 spiro atoms. The van der Waals surface area contributed by atoms with E-state index >= 15 is 0 Å². The summed E-state index contributed by atoms with van der Waals surface area (Å²) in [7, 11) is -3.20. The first-order valence-electron chi connectivity index (χ1n) is 5.18. The van der Waals surface area contributed by atoms with Crippen molar-refractivity contribution >= 4 is 44.0 Å². The third-order valence-electron chi connectivity index (χ3n) is 2.39. The fourth-order valence-electron chi connectivity index (χ4n) is 1.26. The molecule has 0 aliphatic heterocycles. The molecule has 1 unspecified atom stereocenters. The lowest BCUT2D eigenvalue weighted by molar-refractivity contribution is 0.588. The van der Waals surface area contributed by atoms with Gasteiger partial charge in [0, 0.05) is 6.26 Å². The van der Waals surface area contributed by atoms with Crippen LogP contribution in [0.1, 0.15) is 37.0 Å². The van der Waals surface area contributed by atoms with Gasteiger partial charge in [0.2, 0.25) is 0 Å². The lowest BCUT2D eigenvalue weighted by Crippen LogP contribution is -2.13. The Hall–Kier alpha value is 0.0500. The van der Waals surface area contributed by atoms with Crippen LogP contribution in [0.5, 0.6) is 0 Å². The Morgan fingerprint density at radius 2 is 2.00 bits per heavy atom. The molecular weight excluding hydrogens is 375 g/mol. The summed E-state index contributed by atoms with van der Waals surface area (Å²) in [4.78, 5) is 8.36. The molecule has 0 aromatic carbocycles. The van der Waals surface area contributed by atoms with Crippen LogP contribution in [0.3, 0.4) is 0 Å². The highest BCUT2D eigenvalue weighted by molar-refractivity contribution is 14.1. The van der Waals surface area contributed by atoms with Crippen molar-refractivity contribution in [3.8, 4) is 0 Å². The van der Waals surface area contributed by atoms with Crippen LogP contribution < -0.4 is 0 Å². The SMILES string of the molecule is CCCc1nc(C(C)S(C)(=O)=O)nc(Cl)c1I. The Labute approximate surface area is 120 Å². The van der Waals surface area contributed by atoms with Gasteiger partial charge in [-0.3, -0.25) is 0 Å². The van der Waals surface area contributed by atoms with Crippen LogP contribution in [0.15, 0.2) is 0 Å². The van der Waals surface area contributed by atoms with Crippen LogP contribution >= 0.6 is 34.2 Å². The summed E-state index contributed by atoms with van der Waals surface area (Å²) in [5.41, 5.74) is 0.818. The summed E-state index contributed by atoms with van der Waals surface area (Å²) in [6.07, 6.45) is 2.87. The van der Waals surface area contributed by atoms with Gasteiger partial charge in [-0.1, -0.05) is 24.9 Å². The second-order valence-electron chi connectivity index (χ2n) is 3.86. The van der Waals surface area contributed by atoms with Gasteiger partial charge in [-0.25, -0.2) is 18.4 Å². The van der Waals surface area contributed by atoms with Crippen LogP contribution in [0, 0.1) is 3.57 Å². The molecule has 1 heterocycles. The van der Waals surface area contributed by atoms with Gasteiger partial charge in [-0.15, -0.1) is 0 Å². The number of aryl methyl sites for hydroxylation is 1. The van der Waals surface area contributed by atoms with E-state index in [1.807, 2.05) is 6.92 Å². The Bertz CT molecular complexity index is 519. The van der Waals surface area contributed by atoms with Crippen LogP contribution in [0.25, 0.3) is 0 Å². The molecule has 0 aliphatic rings. The van der Waals surface area contributed by atoms with Crippen molar-refractivity contribution < 1.29 is 8.42 Å². The number of hydrogen-bond donors (Lipinski definition) is 0. The van der Waals surface area contributed by atoms with E-state index in [-0.39, 0.29) is 5.82 Å². The topological polar surface area (TPSA) is 59.9 Å². The van der Waals surface area contributed by atoms with E-state index in [4.69, 9.17) is 11.6 Å². The Morgan fingerprint density at radius 3 is 2.47 bits per heavy atom. The zero-order valence-electron chi connectivity index (χ0n) is 9.87. The largest absolute Gasteiger partial charge is 0.235 e. The third kappa shape index (κ3) is 3.75. The number of sulfone groups is 1. The van der Waals surface area contributed by atoms with Gasteiger partial charge in [0.05, 0.1) is 9.26 Å². The molecule has 0 aliphatic carbocycles. The standard InChI is InChI=1S/C10H14ClIN2O2S/c1-4-5-7-8(12)9(11)14-10(13-7)6(2)17(3,15)16/h6H,4-5H2,1-3H3. The fourth-order valence-corrected chi connectivity index (χ4v) is 2.45. The lowest BCUT2D eigenvalue weighted by atomic mass is 10.2. The average Bonchev–Trinajstić information content (AvgIpc) is 2.22. The predicted octanol–water partition coefficient (Wildman–Crippen LogP) is 2.79. The third-order valence-corrected chi connectivity index (χ3v) is 5.61. The van der Waals surface area contributed by atoms with Gasteiger partial charge in [0.15, 0.2) is 9.84 Å². The van der Waals surface area contributed by atoms with E-state index < -0.39 is 15.1 Å². The second kappa shape index (κ2) is 5.79. The van der Waals surface area contributed by atoms with Crippen LogP contribution in [0.2, 0.25) is 5.15 Å². The van der Waals surface area contributed by atoms with E-state index in [0.717, 1.165) is 22.1 Å². The molecule has 7 heteroatoms. The number of nitrogens with zero attached hydrogens (tertiary/aromatic N) is 2. The van der Waals surface area contributed by atoms with Crippen molar-refractivity contribution in [2.75, 3.05) is 6.26 Å². The predicted molar refractivity (Wildman–Crippen MR) is 77.0 cm³/mol. The van der Waals surface area contributed by atoms with Crippen molar-refractivity contribution in [3.63, 3.8) is 0 Å². The second-order valence-corrected chi connectivity index (χ2v) is 7.66. The molecule has 96 valence electrons. The maximum atomic E-state index is 11.5. The first-order chi connectivity index (χ1) is 7.77. The van der Waals surface area contributed by atoms with Crippen LogP contribution in [-0.2, 0) is 16.3 Å². The van der Waals surface area contributed by atoms with E-state index in [1.54, 1.807) is 6.92 Å². The van der Waals surface area contributed by atoms with Gasteiger partial charge in [-0.05, 0) is 35.9 Å². The molecule has 0 saturated carbocycles.